The van der Waals surface area contributed by atoms with Gasteiger partial charge in [-0.3, -0.25) is 0 Å². The largest absolute Gasteiger partial charge is 0.352 e. The highest BCUT2D eigenvalue weighted by Gasteiger charge is 2.39. The SMILES string of the molecule is Cc1cc(C2(C)c3cccc(C(C)C)c3N=CN2C)c(C)c(C)c1F. The maximum atomic E-state index is 14.4. The highest BCUT2D eigenvalue weighted by molar-refractivity contribution is 5.74. The quantitative estimate of drug-likeness (QED) is 0.681. The second-order valence-corrected chi connectivity index (χ2v) is 7.63. The van der Waals surface area contributed by atoms with Crippen LogP contribution < -0.4 is 0 Å². The Balaban J connectivity index is 2.35. The number of aliphatic imine (C=N–C) groups is 1. The molecule has 0 aromatic heterocycles. The second kappa shape index (κ2) is 5.98. The summed E-state index contributed by atoms with van der Waals surface area (Å²) in [6.07, 6.45) is 1.90. The van der Waals surface area contributed by atoms with Crippen molar-refractivity contribution in [1.82, 2.24) is 4.90 Å². The van der Waals surface area contributed by atoms with E-state index in [-0.39, 0.29) is 11.4 Å². The second-order valence-electron chi connectivity index (χ2n) is 7.63. The van der Waals surface area contributed by atoms with Gasteiger partial charge in [0.25, 0.3) is 0 Å². The van der Waals surface area contributed by atoms with Crippen LogP contribution in [-0.4, -0.2) is 18.3 Å². The Kier molecular flexibility index (Phi) is 4.22. The number of fused-ring (bicyclic) bond motifs is 1. The molecule has 2 aromatic rings. The van der Waals surface area contributed by atoms with E-state index in [1.807, 2.05) is 40.2 Å². The predicted octanol–water partition coefficient (Wildman–Crippen LogP) is 5.74. The molecule has 2 nitrogen and oxygen atoms in total. The highest BCUT2D eigenvalue weighted by atomic mass is 19.1. The summed E-state index contributed by atoms with van der Waals surface area (Å²) in [5.41, 5.74) is 6.67. The molecule has 1 unspecified atom stereocenters. The Bertz CT molecular complexity index is 867. The van der Waals surface area contributed by atoms with Crippen molar-refractivity contribution in [2.45, 2.75) is 53.0 Å². The van der Waals surface area contributed by atoms with Gasteiger partial charge in [-0.15, -0.1) is 0 Å². The van der Waals surface area contributed by atoms with E-state index in [2.05, 4.69) is 43.9 Å². The van der Waals surface area contributed by atoms with Crippen LogP contribution in [0.5, 0.6) is 0 Å². The Morgan fingerprint density at radius 2 is 1.76 bits per heavy atom. The molecular weight excluding hydrogens is 311 g/mol. The first-order valence-corrected chi connectivity index (χ1v) is 8.86. The molecule has 0 amide bonds. The zero-order chi connectivity index (χ0) is 18.5. The number of rotatable bonds is 2. The van der Waals surface area contributed by atoms with E-state index in [0.29, 0.717) is 11.5 Å². The lowest BCUT2D eigenvalue weighted by Gasteiger charge is -2.43. The summed E-state index contributed by atoms with van der Waals surface area (Å²) in [6.45, 7) is 12.3. The molecule has 1 atom stereocenters. The molecule has 0 bridgehead atoms. The third-order valence-electron chi connectivity index (χ3n) is 5.81. The fourth-order valence-corrected chi connectivity index (χ4v) is 3.91. The first-order valence-electron chi connectivity index (χ1n) is 8.86. The Hall–Kier alpha value is -2.16. The fraction of sp³-hybridized carbons (Fsp3) is 0.409. The molecule has 25 heavy (non-hydrogen) atoms. The maximum absolute atomic E-state index is 14.4. The molecule has 0 saturated carbocycles. The van der Waals surface area contributed by atoms with Crippen LogP contribution in [0.3, 0.4) is 0 Å². The van der Waals surface area contributed by atoms with Crippen molar-refractivity contribution in [1.29, 1.82) is 0 Å². The number of hydrogen-bond acceptors (Lipinski definition) is 2. The van der Waals surface area contributed by atoms with Crippen molar-refractivity contribution in [3.8, 4) is 0 Å². The molecule has 0 N–H and O–H groups in total. The smallest absolute Gasteiger partial charge is 0.129 e. The van der Waals surface area contributed by atoms with Gasteiger partial charge in [-0.2, -0.15) is 0 Å². The number of nitrogens with zero attached hydrogens (tertiary/aromatic N) is 2. The molecule has 1 aliphatic rings. The Labute approximate surface area is 150 Å². The lowest BCUT2D eigenvalue weighted by Crippen LogP contribution is -2.44. The van der Waals surface area contributed by atoms with Crippen molar-refractivity contribution in [2.75, 3.05) is 7.05 Å². The predicted molar refractivity (Wildman–Crippen MR) is 104 cm³/mol. The van der Waals surface area contributed by atoms with Gasteiger partial charge in [0.2, 0.25) is 0 Å². The van der Waals surface area contributed by atoms with Gasteiger partial charge in [-0.1, -0.05) is 38.1 Å². The van der Waals surface area contributed by atoms with Crippen LogP contribution in [0.2, 0.25) is 0 Å². The molecule has 3 rings (SSSR count). The van der Waals surface area contributed by atoms with Crippen LogP contribution in [0, 0.1) is 26.6 Å². The minimum Gasteiger partial charge on any atom is -0.352 e. The minimum atomic E-state index is -0.380. The summed E-state index contributed by atoms with van der Waals surface area (Å²) in [4.78, 5) is 6.87. The molecule has 0 spiro atoms. The van der Waals surface area contributed by atoms with Crippen molar-refractivity contribution in [2.24, 2.45) is 4.99 Å². The van der Waals surface area contributed by atoms with E-state index in [9.17, 15) is 4.39 Å². The van der Waals surface area contributed by atoms with E-state index in [1.54, 1.807) is 0 Å². The molecule has 0 saturated heterocycles. The first-order chi connectivity index (χ1) is 11.7. The Morgan fingerprint density at radius 3 is 2.40 bits per heavy atom. The topological polar surface area (TPSA) is 15.6 Å². The van der Waals surface area contributed by atoms with Crippen LogP contribution in [0.4, 0.5) is 10.1 Å². The summed E-state index contributed by atoms with van der Waals surface area (Å²) < 4.78 is 14.4. The lowest BCUT2D eigenvalue weighted by molar-refractivity contribution is 0.290. The van der Waals surface area contributed by atoms with Gasteiger partial charge in [0.1, 0.15) is 5.82 Å². The van der Waals surface area contributed by atoms with Crippen LogP contribution in [0.25, 0.3) is 0 Å². The summed E-state index contributed by atoms with van der Waals surface area (Å²) in [7, 11) is 2.04. The zero-order valence-electron chi connectivity index (χ0n) is 16.2. The highest BCUT2D eigenvalue weighted by Crippen LogP contribution is 2.46. The molecule has 1 aliphatic heterocycles. The van der Waals surface area contributed by atoms with Crippen molar-refractivity contribution in [3.63, 3.8) is 0 Å². The molecule has 0 fully saturated rings. The number of hydrogen-bond donors (Lipinski definition) is 0. The van der Waals surface area contributed by atoms with Gasteiger partial charge in [0, 0.05) is 12.6 Å². The molecular formula is C22H27FN2. The van der Waals surface area contributed by atoms with E-state index < -0.39 is 0 Å². The lowest BCUT2D eigenvalue weighted by atomic mass is 9.76. The number of aryl methyl sites for hydroxylation is 1. The molecule has 0 aliphatic carbocycles. The van der Waals surface area contributed by atoms with Gasteiger partial charge < -0.3 is 4.90 Å². The molecule has 1 heterocycles. The van der Waals surface area contributed by atoms with Gasteiger partial charge in [0.05, 0.1) is 17.6 Å². The number of benzene rings is 2. The van der Waals surface area contributed by atoms with Crippen molar-refractivity contribution >= 4 is 12.0 Å². The van der Waals surface area contributed by atoms with Gasteiger partial charge in [0.15, 0.2) is 0 Å². The Morgan fingerprint density at radius 1 is 1.08 bits per heavy atom. The average Bonchev–Trinajstić information content (AvgIpc) is 2.59. The number of para-hydroxylation sites is 1. The molecule has 3 heteroatoms. The van der Waals surface area contributed by atoms with Crippen molar-refractivity contribution in [3.05, 3.63) is 63.5 Å². The van der Waals surface area contributed by atoms with Crippen LogP contribution >= 0.6 is 0 Å². The number of halogens is 1. The monoisotopic (exact) mass is 338 g/mol. The fourth-order valence-electron chi connectivity index (χ4n) is 3.91. The minimum absolute atomic E-state index is 0.104. The average molecular weight is 338 g/mol. The molecule has 132 valence electrons. The van der Waals surface area contributed by atoms with Crippen molar-refractivity contribution < 1.29 is 4.39 Å². The van der Waals surface area contributed by atoms with E-state index in [0.717, 1.165) is 22.4 Å². The van der Waals surface area contributed by atoms with E-state index in [1.165, 1.54) is 11.1 Å². The summed E-state index contributed by atoms with van der Waals surface area (Å²) in [5, 5.41) is 0. The van der Waals surface area contributed by atoms with Crippen LogP contribution in [0.15, 0.2) is 29.3 Å². The molecule has 2 aromatic carbocycles. The van der Waals surface area contributed by atoms with Crippen LogP contribution in [0.1, 0.15) is 60.1 Å². The van der Waals surface area contributed by atoms with Gasteiger partial charge in [-0.25, -0.2) is 9.38 Å². The summed E-state index contributed by atoms with van der Waals surface area (Å²) in [5.74, 6) is 0.297. The summed E-state index contributed by atoms with van der Waals surface area (Å²) in [6, 6.07) is 8.42. The zero-order valence-corrected chi connectivity index (χ0v) is 16.2. The standard InChI is InChI=1S/C22H27FN2/c1-13(2)17-9-8-10-18-21(17)24-12-25(7)22(18,6)19-11-14(3)20(23)16(5)15(19)4/h8-13H,1-7H3. The molecule has 0 radical (unpaired) electrons. The normalized spacial score (nSPS) is 19.5. The van der Waals surface area contributed by atoms with Gasteiger partial charge >= 0.3 is 0 Å². The summed E-state index contributed by atoms with van der Waals surface area (Å²) >= 11 is 0. The van der Waals surface area contributed by atoms with E-state index >= 15 is 0 Å². The first kappa shape index (κ1) is 17.7. The third kappa shape index (κ3) is 2.48. The third-order valence-corrected chi connectivity index (χ3v) is 5.81. The van der Waals surface area contributed by atoms with Crippen LogP contribution in [-0.2, 0) is 5.54 Å². The van der Waals surface area contributed by atoms with Gasteiger partial charge in [-0.05, 0) is 61.4 Å². The van der Waals surface area contributed by atoms with E-state index in [4.69, 9.17) is 4.99 Å². The maximum Gasteiger partial charge on any atom is 0.129 e.